The molecule has 0 spiro atoms. The molecule has 0 bridgehead atoms. The maximum Gasteiger partial charge on any atom is 0.118 e. The molecule has 0 N–H and O–H groups in total. The van der Waals surface area contributed by atoms with Crippen LogP contribution in [0.2, 0.25) is 0 Å². The van der Waals surface area contributed by atoms with Crippen molar-refractivity contribution in [2.45, 2.75) is 0 Å². The zero-order valence-corrected chi connectivity index (χ0v) is 4.97. The van der Waals surface area contributed by atoms with Crippen molar-refractivity contribution in [1.82, 2.24) is 25.6 Å². The lowest BCUT2D eigenvalue weighted by Crippen LogP contribution is -1.88. The highest BCUT2D eigenvalue weighted by Crippen LogP contribution is 2.01. The predicted molar refractivity (Wildman–Crippen MR) is 32.9 cm³/mol. The van der Waals surface area contributed by atoms with E-state index in [0.717, 1.165) is 5.39 Å². The van der Waals surface area contributed by atoms with Gasteiger partial charge in [-0.15, -0.1) is 10.2 Å². The highest BCUT2D eigenvalue weighted by atomic mass is 15.3. The molecule has 0 aliphatic heterocycles. The fourth-order valence-electron chi connectivity index (χ4n) is 0.669. The molecule has 48 valence electrons. The van der Waals surface area contributed by atoms with Gasteiger partial charge in [-0.1, -0.05) is 0 Å². The number of nitrogens with zero attached hydrogens (tertiary/aromatic N) is 5. The van der Waals surface area contributed by atoms with Crippen LogP contribution in [0.4, 0.5) is 0 Å². The SMILES string of the molecule is c1nncc2nnncc12. The average molecular weight is 133 g/mol. The third-order valence-corrected chi connectivity index (χ3v) is 1.14. The Morgan fingerprint density at radius 2 is 1.70 bits per heavy atom. The Bertz CT molecular complexity index is 281. The van der Waals surface area contributed by atoms with Gasteiger partial charge in [-0.25, -0.2) is 0 Å². The normalized spacial score (nSPS) is 10.0. The van der Waals surface area contributed by atoms with Gasteiger partial charge in [-0.3, -0.25) is 0 Å². The monoisotopic (exact) mass is 133 g/mol. The van der Waals surface area contributed by atoms with E-state index >= 15 is 0 Å². The second-order valence-electron chi connectivity index (χ2n) is 1.76. The van der Waals surface area contributed by atoms with Gasteiger partial charge in [-0.05, 0) is 5.21 Å². The molecule has 2 aromatic heterocycles. The minimum Gasteiger partial charge on any atom is -0.158 e. The summed E-state index contributed by atoms with van der Waals surface area (Å²) in [4.78, 5) is 0. The largest absolute Gasteiger partial charge is 0.158 e. The number of hydrogen-bond donors (Lipinski definition) is 0. The fraction of sp³-hybridized carbons (Fsp3) is 0. The van der Waals surface area contributed by atoms with Crippen LogP contribution < -0.4 is 0 Å². The summed E-state index contributed by atoms with van der Waals surface area (Å²) < 4.78 is 0. The number of rotatable bonds is 0. The van der Waals surface area contributed by atoms with Crippen molar-refractivity contribution >= 4 is 10.9 Å². The number of fused-ring (bicyclic) bond motifs is 1. The summed E-state index contributed by atoms with van der Waals surface area (Å²) in [5.41, 5.74) is 0.713. The van der Waals surface area contributed by atoms with Gasteiger partial charge in [0.1, 0.15) is 5.52 Å². The fourth-order valence-corrected chi connectivity index (χ4v) is 0.669. The standard InChI is InChI=1S/C5H3N5/c1-4-2-8-10-9-5(4)3-7-6-1/h1-3H. The molecule has 0 aromatic carbocycles. The summed E-state index contributed by atoms with van der Waals surface area (Å²) in [7, 11) is 0. The molecule has 0 radical (unpaired) electrons. The molecular formula is C5H3N5. The topological polar surface area (TPSA) is 64.5 Å². The van der Waals surface area contributed by atoms with Crippen LogP contribution in [0.1, 0.15) is 0 Å². The first kappa shape index (κ1) is 5.16. The van der Waals surface area contributed by atoms with E-state index in [1.165, 1.54) is 0 Å². The molecular weight excluding hydrogens is 130 g/mol. The Kier molecular flexibility index (Phi) is 1.00. The molecule has 10 heavy (non-hydrogen) atoms. The van der Waals surface area contributed by atoms with E-state index in [9.17, 15) is 0 Å². The maximum atomic E-state index is 3.72. The van der Waals surface area contributed by atoms with Crippen LogP contribution >= 0.6 is 0 Å². The van der Waals surface area contributed by atoms with E-state index in [4.69, 9.17) is 0 Å². The molecule has 0 amide bonds. The molecule has 2 rings (SSSR count). The van der Waals surface area contributed by atoms with Crippen molar-refractivity contribution in [2.24, 2.45) is 0 Å². The van der Waals surface area contributed by atoms with Gasteiger partial charge >= 0.3 is 0 Å². The van der Waals surface area contributed by atoms with E-state index in [1.54, 1.807) is 18.6 Å². The van der Waals surface area contributed by atoms with E-state index in [0.29, 0.717) is 5.52 Å². The molecule has 0 fully saturated rings. The lowest BCUT2D eigenvalue weighted by Gasteiger charge is -1.87. The van der Waals surface area contributed by atoms with Crippen molar-refractivity contribution in [3.8, 4) is 0 Å². The lowest BCUT2D eigenvalue weighted by atomic mass is 10.4. The summed E-state index contributed by atoms with van der Waals surface area (Å²) in [5.74, 6) is 0. The van der Waals surface area contributed by atoms with Crippen molar-refractivity contribution in [1.29, 1.82) is 0 Å². The second-order valence-corrected chi connectivity index (χ2v) is 1.76. The smallest absolute Gasteiger partial charge is 0.118 e. The highest BCUT2D eigenvalue weighted by molar-refractivity contribution is 5.74. The summed E-state index contributed by atoms with van der Waals surface area (Å²) in [6, 6.07) is 0. The van der Waals surface area contributed by atoms with E-state index < -0.39 is 0 Å². The van der Waals surface area contributed by atoms with Crippen molar-refractivity contribution < 1.29 is 0 Å². The zero-order valence-electron chi connectivity index (χ0n) is 4.97. The average Bonchev–Trinajstić information content (AvgIpc) is 2.05. The molecule has 0 saturated heterocycles. The Morgan fingerprint density at radius 3 is 2.60 bits per heavy atom. The molecule has 2 heterocycles. The molecule has 0 unspecified atom stereocenters. The lowest BCUT2D eigenvalue weighted by molar-refractivity contribution is 0.886. The Morgan fingerprint density at radius 1 is 0.900 bits per heavy atom. The summed E-state index contributed by atoms with van der Waals surface area (Å²) >= 11 is 0. The first-order valence-corrected chi connectivity index (χ1v) is 2.71. The summed E-state index contributed by atoms with van der Waals surface area (Å²) in [6.45, 7) is 0. The van der Waals surface area contributed by atoms with Crippen LogP contribution in [-0.2, 0) is 0 Å². The van der Waals surface area contributed by atoms with Gasteiger partial charge < -0.3 is 0 Å². The minimum atomic E-state index is 0.713. The molecule has 5 heteroatoms. The van der Waals surface area contributed by atoms with E-state index in [1.807, 2.05) is 0 Å². The highest BCUT2D eigenvalue weighted by Gasteiger charge is 1.91. The van der Waals surface area contributed by atoms with E-state index in [-0.39, 0.29) is 0 Å². The van der Waals surface area contributed by atoms with Gasteiger partial charge in [0, 0.05) is 5.39 Å². The Balaban J connectivity index is 2.89. The Labute approximate surface area is 56.1 Å². The molecule has 0 atom stereocenters. The second kappa shape index (κ2) is 1.94. The van der Waals surface area contributed by atoms with Gasteiger partial charge in [0.2, 0.25) is 0 Å². The van der Waals surface area contributed by atoms with Crippen LogP contribution in [0.3, 0.4) is 0 Å². The van der Waals surface area contributed by atoms with Gasteiger partial charge in [0.05, 0.1) is 18.6 Å². The van der Waals surface area contributed by atoms with Gasteiger partial charge in [0.15, 0.2) is 0 Å². The van der Waals surface area contributed by atoms with E-state index in [2.05, 4.69) is 25.6 Å². The minimum absolute atomic E-state index is 0.713. The third-order valence-electron chi connectivity index (χ3n) is 1.14. The van der Waals surface area contributed by atoms with Crippen LogP contribution in [0.5, 0.6) is 0 Å². The maximum absolute atomic E-state index is 3.72. The molecule has 0 aliphatic rings. The van der Waals surface area contributed by atoms with Crippen molar-refractivity contribution in [3.63, 3.8) is 0 Å². The van der Waals surface area contributed by atoms with Crippen molar-refractivity contribution in [2.75, 3.05) is 0 Å². The Hall–Kier alpha value is -1.65. The zero-order chi connectivity index (χ0) is 6.81. The first-order valence-electron chi connectivity index (χ1n) is 2.71. The van der Waals surface area contributed by atoms with Crippen LogP contribution in [0.25, 0.3) is 10.9 Å². The van der Waals surface area contributed by atoms with Gasteiger partial charge in [-0.2, -0.15) is 10.2 Å². The molecule has 0 saturated carbocycles. The first-order chi connectivity index (χ1) is 4.97. The van der Waals surface area contributed by atoms with Crippen LogP contribution in [-0.4, -0.2) is 25.6 Å². The third kappa shape index (κ3) is 0.680. The van der Waals surface area contributed by atoms with Crippen LogP contribution in [0.15, 0.2) is 18.6 Å². The number of hydrogen-bond acceptors (Lipinski definition) is 5. The van der Waals surface area contributed by atoms with Crippen molar-refractivity contribution in [3.05, 3.63) is 18.6 Å². The predicted octanol–water partition coefficient (Wildman–Crippen LogP) is -0.185. The summed E-state index contributed by atoms with van der Waals surface area (Å²) in [6.07, 6.45) is 4.73. The molecule has 2 aromatic rings. The van der Waals surface area contributed by atoms with Gasteiger partial charge in [0.25, 0.3) is 0 Å². The van der Waals surface area contributed by atoms with Crippen LogP contribution in [0, 0.1) is 0 Å². The number of aromatic nitrogens is 5. The summed E-state index contributed by atoms with van der Waals surface area (Å²) in [5, 5.41) is 18.9. The quantitative estimate of drug-likeness (QED) is 0.498. The molecule has 0 aliphatic carbocycles. The molecule has 5 nitrogen and oxygen atoms in total.